The fourth-order valence-corrected chi connectivity index (χ4v) is 5.70. The molecule has 0 aromatic carbocycles. The predicted octanol–water partition coefficient (Wildman–Crippen LogP) is 3.31. The van der Waals surface area contributed by atoms with Crippen LogP contribution in [0.5, 0.6) is 0 Å². The van der Waals surface area contributed by atoms with Crippen LogP contribution in [0.15, 0.2) is 31.0 Å². The summed E-state index contributed by atoms with van der Waals surface area (Å²) < 4.78 is 42.1. The van der Waals surface area contributed by atoms with E-state index in [9.17, 15) is 18.0 Å². The standard InChI is InChI=1S/C22H24F3N7O/c1-22(25)5-14(6-22)20(33)32-16-2-3-17(32)11-29(10-16)19-18-4-13(8-30(18)28-12-26-19)15-7-27-31(9-15)21(23)24/h4,7-9,12,14,16-17,21H,2-3,5-6,10-11H2,1H3/t14-,16?,17?,22+. The Balaban J connectivity index is 1.25. The lowest BCUT2D eigenvalue weighted by atomic mass is 9.72. The highest BCUT2D eigenvalue weighted by Crippen LogP contribution is 2.44. The van der Waals surface area contributed by atoms with E-state index < -0.39 is 12.2 Å². The molecule has 6 rings (SSSR count). The van der Waals surface area contributed by atoms with Gasteiger partial charge in [0, 0.05) is 54.6 Å². The molecule has 2 atom stereocenters. The van der Waals surface area contributed by atoms with E-state index in [4.69, 9.17) is 0 Å². The maximum Gasteiger partial charge on any atom is 0.333 e. The van der Waals surface area contributed by atoms with Gasteiger partial charge in [0.15, 0.2) is 5.82 Å². The Morgan fingerprint density at radius 1 is 1.12 bits per heavy atom. The number of fused-ring (bicyclic) bond motifs is 3. The number of halogens is 3. The molecule has 2 bridgehead atoms. The number of nitrogens with zero attached hydrogens (tertiary/aromatic N) is 7. The van der Waals surface area contributed by atoms with Gasteiger partial charge in [-0.3, -0.25) is 4.79 Å². The molecule has 3 aromatic rings. The second kappa shape index (κ2) is 7.19. The number of carbonyl (C=O) groups is 1. The Hall–Kier alpha value is -3.11. The number of aromatic nitrogens is 5. The largest absolute Gasteiger partial charge is 0.351 e. The maximum absolute atomic E-state index is 14.0. The van der Waals surface area contributed by atoms with Crippen molar-refractivity contribution in [3.8, 4) is 11.1 Å². The van der Waals surface area contributed by atoms with Crippen molar-refractivity contribution in [2.45, 2.75) is 56.9 Å². The summed E-state index contributed by atoms with van der Waals surface area (Å²) in [6.07, 6.45) is 8.43. The fraction of sp³-hybridized carbons (Fsp3) is 0.545. The average molecular weight is 459 g/mol. The topological polar surface area (TPSA) is 71.6 Å². The molecule has 3 fully saturated rings. The van der Waals surface area contributed by atoms with Crippen molar-refractivity contribution in [2.24, 2.45) is 5.92 Å². The van der Waals surface area contributed by atoms with Crippen LogP contribution >= 0.6 is 0 Å². The highest BCUT2D eigenvalue weighted by Gasteiger charge is 2.50. The zero-order valence-electron chi connectivity index (χ0n) is 18.1. The minimum absolute atomic E-state index is 0.0800. The van der Waals surface area contributed by atoms with Crippen molar-refractivity contribution in [1.82, 2.24) is 29.3 Å². The van der Waals surface area contributed by atoms with Gasteiger partial charge in [-0.05, 0) is 38.7 Å². The zero-order chi connectivity index (χ0) is 22.9. The first kappa shape index (κ1) is 20.5. The van der Waals surface area contributed by atoms with Crippen molar-refractivity contribution in [1.29, 1.82) is 0 Å². The van der Waals surface area contributed by atoms with Crippen molar-refractivity contribution >= 4 is 17.2 Å². The van der Waals surface area contributed by atoms with Gasteiger partial charge in [-0.2, -0.15) is 19.0 Å². The molecule has 174 valence electrons. The highest BCUT2D eigenvalue weighted by atomic mass is 19.3. The van der Waals surface area contributed by atoms with Gasteiger partial charge in [-0.1, -0.05) is 0 Å². The number of carbonyl (C=O) groups excluding carboxylic acids is 1. The lowest BCUT2D eigenvalue weighted by Gasteiger charge is -2.46. The Bertz CT molecular complexity index is 1200. The van der Waals surface area contributed by atoms with E-state index in [1.165, 1.54) is 18.7 Å². The van der Waals surface area contributed by atoms with Crippen LogP contribution in [-0.2, 0) is 4.79 Å². The molecule has 0 radical (unpaired) electrons. The first-order valence-corrected chi connectivity index (χ1v) is 11.2. The van der Waals surface area contributed by atoms with Crippen molar-refractivity contribution in [3.05, 3.63) is 31.0 Å². The average Bonchev–Trinajstić information content (AvgIpc) is 3.46. The molecule has 3 aliphatic rings. The van der Waals surface area contributed by atoms with Crippen molar-refractivity contribution in [2.75, 3.05) is 18.0 Å². The molecule has 2 saturated heterocycles. The van der Waals surface area contributed by atoms with Gasteiger partial charge >= 0.3 is 6.55 Å². The lowest BCUT2D eigenvalue weighted by Crippen LogP contribution is -2.59. The molecule has 1 saturated carbocycles. The van der Waals surface area contributed by atoms with Gasteiger partial charge in [0.05, 0.1) is 6.20 Å². The monoisotopic (exact) mass is 459 g/mol. The number of hydrogen-bond donors (Lipinski definition) is 0. The van der Waals surface area contributed by atoms with E-state index in [1.807, 2.05) is 11.0 Å². The zero-order valence-corrected chi connectivity index (χ0v) is 18.1. The summed E-state index contributed by atoms with van der Waals surface area (Å²) in [5, 5.41) is 7.99. The molecule has 2 unspecified atom stereocenters. The number of hydrogen-bond acceptors (Lipinski definition) is 5. The summed E-state index contributed by atoms with van der Waals surface area (Å²) in [6, 6.07) is 2.03. The van der Waals surface area contributed by atoms with Crippen LogP contribution in [-0.4, -0.2) is 66.0 Å². The Labute approximate surface area is 188 Å². The van der Waals surface area contributed by atoms with E-state index in [2.05, 4.69) is 20.1 Å². The molecule has 3 aromatic heterocycles. The fourth-order valence-electron chi connectivity index (χ4n) is 5.70. The first-order chi connectivity index (χ1) is 15.8. The highest BCUT2D eigenvalue weighted by molar-refractivity contribution is 5.82. The molecular formula is C22H24F3N7O. The molecule has 33 heavy (non-hydrogen) atoms. The number of anilines is 1. The number of rotatable bonds is 4. The van der Waals surface area contributed by atoms with E-state index in [-0.39, 0.29) is 23.9 Å². The minimum atomic E-state index is -2.70. The minimum Gasteiger partial charge on any atom is -0.351 e. The predicted molar refractivity (Wildman–Crippen MR) is 114 cm³/mol. The van der Waals surface area contributed by atoms with Crippen LogP contribution in [0, 0.1) is 5.92 Å². The Morgan fingerprint density at radius 3 is 2.48 bits per heavy atom. The van der Waals surface area contributed by atoms with Crippen molar-refractivity contribution in [3.63, 3.8) is 0 Å². The Morgan fingerprint density at radius 2 is 1.85 bits per heavy atom. The molecular weight excluding hydrogens is 435 g/mol. The Kier molecular flexibility index (Phi) is 4.47. The van der Waals surface area contributed by atoms with Gasteiger partial charge in [-0.15, -0.1) is 0 Å². The molecule has 1 aliphatic carbocycles. The summed E-state index contributed by atoms with van der Waals surface area (Å²) in [5.74, 6) is 0.635. The van der Waals surface area contributed by atoms with Gasteiger partial charge in [0.25, 0.3) is 0 Å². The second-order valence-corrected chi connectivity index (χ2v) is 9.68. The summed E-state index contributed by atoms with van der Waals surface area (Å²) in [4.78, 5) is 21.7. The third kappa shape index (κ3) is 3.36. The normalized spacial score (nSPS) is 29.2. The number of alkyl halides is 3. The van der Waals surface area contributed by atoms with Gasteiger partial charge in [-0.25, -0.2) is 18.6 Å². The maximum atomic E-state index is 14.0. The summed E-state index contributed by atoms with van der Waals surface area (Å²) in [5.41, 5.74) is 0.845. The van der Waals surface area contributed by atoms with Crippen LogP contribution in [0.3, 0.4) is 0 Å². The second-order valence-electron chi connectivity index (χ2n) is 9.68. The smallest absolute Gasteiger partial charge is 0.333 e. The molecule has 8 nitrogen and oxygen atoms in total. The molecule has 11 heteroatoms. The molecule has 1 amide bonds. The van der Waals surface area contributed by atoms with Gasteiger partial charge < -0.3 is 9.80 Å². The van der Waals surface area contributed by atoms with Gasteiger partial charge in [0.2, 0.25) is 5.91 Å². The quantitative estimate of drug-likeness (QED) is 0.599. The lowest BCUT2D eigenvalue weighted by molar-refractivity contribution is -0.147. The summed E-state index contributed by atoms with van der Waals surface area (Å²) in [6.45, 7) is 0.171. The third-order valence-electron chi connectivity index (χ3n) is 7.25. The van der Waals surface area contributed by atoms with Gasteiger partial charge in [0.1, 0.15) is 17.5 Å². The SMILES string of the molecule is C[C@]1(F)C[C@@H](C(=O)N2C3CCC2CN(c2ncnn4cc(-c5cnn(C(F)F)c5)cc24)C3)C1. The van der Waals surface area contributed by atoms with Crippen LogP contribution in [0.2, 0.25) is 0 Å². The van der Waals surface area contributed by atoms with Crippen LogP contribution < -0.4 is 4.90 Å². The molecule has 0 spiro atoms. The van der Waals surface area contributed by atoms with E-state index in [0.717, 1.165) is 29.7 Å². The van der Waals surface area contributed by atoms with Crippen LogP contribution in [0.1, 0.15) is 39.2 Å². The van der Waals surface area contributed by atoms with Crippen molar-refractivity contribution < 1.29 is 18.0 Å². The molecule has 5 heterocycles. The summed E-state index contributed by atoms with van der Waals surface area (Å²) >= 11 is 0. The van der Waals surface area contributed by atoms with Crippen LogP contribution in [0.4, 0.5) is 19.0 Å². The molecule has 0 N–H and O–H groups in total. The van der Waals surface area contributed by atoms with E-state index in [1.54, 1.807) is 17.6 Å². The molecule has 2 aliphatic heterocycles. The first-order valence-electron chi connectivity index (χ1n) is 11.2. The summed E-state index contributed by atoms with van der Waals surface area (Å²) in [7, 11) is 0. The number of piperazine rings is 1. The van der Waals surface area contributed by atoms with Crippen LogP contribution in [0.25, 0.3) is 16.6 Å². The number of amides is 1. The van der Waals surface area contributed by atoms with E-state index in [0.29, 0.717) is 36.2 Å². The third-order valence-corrected chi connectivity index (χ3v) is 7.25. The van der Waals surface area contributed by atoms with E-state index >= 15 is 0 Å².